The van der Waals surface area contributed by atoms with E-state index in [1.54, 1.807) is 49.7 Å². The molecule has 6 nitrogen and oxygen atoms in total. The van der Waals surface area contributed by atoms with Crippen LogP contribution in [0.4, 0.5) is 0 Å². The first-order chi connectivity index (χ1) is 11.7. The van der Waals surface area contributed by atoms with E-state index in [4.69, 9.17) is 9.47 Å². The molecule has 2 aromatic rings. The molecule has 0 aliphatic carbocycles. The smallest absolute Gasteiger partial charge is 0.230 e. The lowest BCUT2D eigenvalue weighted by Gasteiger charge is -2.14. The first-order valence-corrected chi connectivity index (χ1v) is 7.97. The maximum absolute atomic E-state index is 9.50. The number of hydrogen-bond donors (Lipinski definition) is 2. The standard InChI is InChI=1S/C18H23N3O3/c1-4-13(5-2)20-17(21-22)16-7-6-12-19-18(16)24-15-10-8-14(23-3)9-11-15/h6-13,22H,4-5H2,1-3H3,(H,20,21). The predicted octanol–water partition coefficient (Wildman–Crippen LogP) is 3.80. The number of aromatic nitrogens is 1. The summed E-state index contributed by atoms with van der Waals surface area (Å²) >= 11 is 0. The SMILES string of the molecule is CCC(CC)N=C(NO)c1cccnc1Oc1ccc(OC)cc1. The van der Waals surface area contributed by atoms with Crippen LogP contribution in [-0.2, 0) is 0 Å². The third-order valence-corrected chi connectivity index (χ3v) is 3.66. The normalized spacial score (nSPS) is 11.5. The number of rotatable bonds is 7. The van der Waals surface area contributed by atoms with E-state index in [0.29, 0.717) is 23.0 Å². The molecule has 0 aliphatic heterocycles. The van der Waals surface area contributed by atoms with Gasteiger partial charge in [-0.05, 0) is 49.2 Å². The lowest BCUT2D eigenvalue weighted by atomic mass is 10.1. The van der Waals surface area contributed by atoms with Crippen LogP contribution in [0.25, 0.3) is 0 Å². The summed E-state index contributed by atoms with van der Waals surface area (Å²) in [5, 5.41) is 9.50. The summed E-state index contributed by atoms with van der Waals surface area (Å²) in [7, 11) is 1.61. The van der Waals surface area contributed by atoms with Crippen molar-refractivity contribution in [2.45, 2.75) is 32.7 Å². The molecular formula is C18H23N3O3. The first kappa shape index (κ1) is 17.7. The van der Waals surface area contributed by atoms with Gasteiger partial charge in [0.15, 0.2) is 5.84 Å². The quantitative estimate of drug-likeness (QED) is 0.459. The van der Waals surface area contributed by atoms with Gasteiger partial charge in [0.1, 0.15) is 11.5 Å². The van der Waals surface area contributed by atoms with Crippen LogP contribution in [0.15, 0.2) is 47.6 Å². The maximum atomic E-state index is 9.50. The van der Waals surface area contributed by atoms with Gasteiger partial charge in [0.05, 0.1) is 18.7 Å². The molecule has 0 atom stereocenters. The number of hydroxylamine groups is 1. The Labute approximate surface area is 142 Å². The molecule has 2 N–H and O–H groups in total. The molecule has 128 valence electrons. The highest BCUT2D eigenvalue weighted by Crippen LogP contribution is 2.25. The van der Waals surface area contributed by atoms with Gasteiger partial charge in [0.25, 0.3) is 0 Å². The second kappa shape index (κ2) is 8.88. The lowest BCUT2D eigenvalue weighted by Crippen LogP contribution is -2.23. The van der Waals surface area contributed by atoms with Gasteiger partial charge in [-0.1, -0.05) is 13.8 Å². The zero-order chi connectivity index (χ0) is 17.4. The van der Waals surface area contributed by atoms with Gasteiger partial charge in [0, 0.05) is 6.20 Å². The molecule has 24 heavy (non-hydrogen) atoms. The van der Waals surface area contributed by atoms with Crippen molar-refractivity contribution in [1.29, 1.82) is 0 Å². The largest absolute Gasteiger partial charge is 0.497 e. The number of nitrogens with zero attached hydrogens (tertiary/aromatic N) is 2. The Kier molecular flexibility index (Phi) is 6.57. The number of methoxy groups -OCH3 is 1. The van der Waals surface area contributed by atoms with Crippen LogP contribution in [-0.4, -0.2) is 29.2 Å². The molecule has 0 fully saturated rings. The van der Waals surface area contributed by atoms with Crippen LogP contribution in [0.2, 0.25) is 0 Å². The summed E-state index contributed by atoms with van der Waals surface area (Å²) in [6.07, 6.45) is 3.40. The van der Waals surface area contributed by atoms with Crippen molar-refractivity contribution >= 4 is 5.84 Å². The fourth-order valence-corrected chi connectivity index (χ4v) is 2.22. The molecule has 0 unspecified atom stereocenters. The van der Waals surface area contributed by atoms with Crippen LogP contribution in [0.5, 0.6) is 17.4 Å². The van der Waals surface area contributed by atoms with Gasteiger partial charge < -0.3 is 9.47 Å². The maximum Gasteiger partial charge on any atom is 0.230 e. The minimum absolute atomic E-state index is 0.119. The van der Waals surface area contributed by atoms with Gasteiger partial charge in [0.2, 0.25) is 5.88 Å². The van der Waals surface area contributed by atoms with Gasteiger partial charge >= 0.3 is 0 Å². The van der Waals surface area contributed by atoms with Crippen molar-refractivity contribution in [2.24, 2.45) is 4.99 Å². The predicted molar refractivity (Wildman–Crippen MR) is 93.1 cm³/mol. The Morgan fingerprint density at radius 1 is 1.17 bits per heavy atom. The van der Waals surface area contributed by atoms with E-state index in [1.165, 1.54) is 0 Å². The number of amidine groups is 1. The molecule has 0 spiro atoms. The highest BCUT2D eigenvalue weighted by atomic mass is 16.5. The average molecular weight is 329 g/mol. The Bertz CT molecular complexity index is 667. The summed E-state index contributed by atoms with van der Waals surface area (Å²) < 4.78 is 11.0. The van der Waals surface area contributed by atoms with Gasteiger partial charge in [-0.3, -0.25) is 15.7 Å². The van der Waals surface area contributed by atoms with E-state index in [9.17, 15) is 5.21 Å². The van der Waals surface area contributed by atoms with E-state index >= 15 is 0 Å². The fourth-order valence-electron chi connectivity index (χ4n) is 2.22. The van der Waals surface area contributed by atoms with Crippen molar-refractivity contribution in [3.8, 4) is 17.4 Å². The number of hydrogen-bond acceptors (Lipinski definition) is 5. The molecule has 0 aliphatic rings. The van der Waals surface area contributed by atoms with Crippen molar-refractivity contribution in [3.63, 3.8) is 0 Å². The molecule has 0 saturated heterocycles. The van der Waals surface area contributed by atoms with E-state index in [1.807, 2.05) is 0 Å². The second-order valence-corrected chi connectivity index (χ2v) is 5.19. The second-order valence-electron chi connectivity index (χ2n) is 5.19. The topological polar surface area (TPSA) is 76.0 Å². The zero-order valence-corrected chi connectivity index (χ0v) is 14.2. The van der Waals surface area contributed by atoms with Gasteiger partial charge in [-0.15, -0.1) is 0 Å². The van der Waals surface area contributed by atoms with Crippen LogP contribution in [0.1, 0.15) is 32.3 Å². The molecule has 0 radical (unpaired) electrons. The zero-order valence-electron chi connectivity index (χ0n) is 14.2. The van der Waals surface area contributed by atoms with E-state index in [2.05, 4.69) is 29.3 Å². The van der Waals surface area contributed by atoms with Crippen molar-refractivity contribution < 1.29 is 14.7 Å². The molecule has 0 bridgehead atoms. The van der Waals surface area contributed by atoms with Gasteiger partial charge in [-0.2, -0.15) is 0 Å². The molecule has 1 aromatic heterocycles. The summed E-state index contributed by atoms with van der Waals surface area (Å²) in [6, 6.07) is 10.9. The van der Waals surface area contributed by atoms with E-state index < -0.39 is 0 Å². The third kappa shape index (κ3) is 4.45. The number of nitrogens with one attached hydrogen (secondary N) is 1. The molecule has 2 rings (SSSR count). The highest BCUT2D eigenvalue weighted by Gasteiger charge is 2.14. The Morgan fingerprint density at radius 2 is 1.83 bits per heavy atom. The third-order valence-electron chi connectivity index (χ3n) is 3.66. The fraction of sp³-hybridized carbons (Fsp3) is 0.333. The molecule has 6 heteroatoms. The lowest BCUT2D eigenvalue weighted by molar-refractivity contribution is 0.233. The minimum atomic E-state index is 0.119. The molecule has 1 aromatic carbocycles. The summed E-state index contributed by atoms with van der Waals surface area (Å²) in [6.45, 7) is 4.12. The van der Waals surface area contributed by atoms with Crippen LogP contribution < -0.4 is 15.0 Å². The number of ether oxygens (including phenoxy) is 2. The molecule has 1 heterocycles. The Balaban J connectivity index is 2.31. The first-order valence-electron chi connectivity index (χ1n) is 7.97. The van der Waals surface area contributed by atoms with Crippen LogP contribution in [0.3, 0.4) is 0 Å². The van der Waals surface area contributed by atoms with Crippen molar-refractivity contribution in [3.05, 3.63) is 48.2 Å². The average Bonchev–Trinajstić information content (AvgIpc) is 2.64. The van der Waals surface area contributed by atoms with Crippen LogP contribution in [0, 0.1) is 0 Å². The van der Waals surface area contributed by atoms with Crippen molar-refractivity contribution in [1.82, 2.24) is 10.5 Å². The van der Waals surface area contributed by atoms with E-state index in [0.717, 1.165) is 18.6 Å². The number of aliphatic imine (C=N–C) groups is 1. The number of pyridine rings is 1. The summed E-state index contributed by atoms with van der Waals surface area (Å²) in [4.78, 5) is 8.81. The summed E-state index contributed by atoms with van der Waals surface area (Å²) in [5.41, 5.74) is 2.77. The Hall–Kier alpha value is -2.60. The van der Waals surface area contributed by atoms with Crippen LogP contribution >= 0.6 is 0 Å². The molecule has 0 saturated carbocycles. The molecule has 0 amide bonds. The van der Waals surface area contributed by atoms with Crippen molar-refractivity contribution in [2.75, 3.05) is 7.11 Å². The number of benzene rings is 1. The Morgan fingerprint density at radius 3 is 2.42 bits per heavy atom. The van der Waals surface area contributed by atoms with Gasteiger partial charge in [-0.25, -0.2) is 4.98 Å². The summed E-state index contributed by atoms with van der Waals surface area (Å²) in [5.74, 6) is 2.08. The highest BCUT2D eigenvalue weighted by molar-refractivity contribution is 6.00. The monoisotopic (exact) mass is 329 g/mol. The molecular weight excluding hydrogens is 306 g/mol. The minimum Gasteiger partial charge on any atom is -0.497 e. The van der Waals surface area contributed by atoms with E-state index in [-0.39, 0.29) is 6.04 Å².